The number of hydrogen-bond acceptors (Lipinski definition) is 5. The highest BCUT2D eigenvalue weighted by Gasteiger charge is 2.26. The molecule has 1 amide bonds. The molecule has 2 aromatic carbocycles. The molecule has 0 unspecified atom stereocenters. The molecule has 0 spiro atoms. The van der Waals surface area contributed by atoms with Crippen molar-refractivity contribution in [3.8, 4) is 12.3 Å². The monoisotopic (exact) mass is 456 g/mol. The van der Waals surface area contributed by atoms with Crippen LogP contribution in [-0.2, 0) is 19.6 Å². The first kappa shape index (κ1) is 25.0. The van der Waals surface area contributed by atoms with Gasteiger partial charge in [0, 0.05) is 5.69 Å². The molecule has 0 fully saturated rings. The Morgan fingerprint density at radius 3 is 2.38 bits per heavy atom. The van der Waals surface area contributed by atoms with Gasteiger partial charge in [-0.05, 0) is 62.1 Å². The van der Waals surface area contributed by atoms with Crippen molar-refractivity contribution in [2.45, 2.75) is 51.0 Å². The van der Waals surface area contributed by atoms with Crippen LogP contribution < -0.4 is 10.0 Å². The number of esters is 1. The number of amides is 1. The van der Waals surface area contributed by atoms with Crippen molar-refractivity contribution in [3.05, 3.63) is 59.2 Å². The van der Waals surface area contributed by atoms with Gasteiger partial charge in [0.15, 0.2) is 6.61 Å². The second-order valence-corrected chi connectivity index (χ2v) is 9.16. The summed E-state index contributed by atoms with van der Waals surface area (Å²) in [6, 6.07) is 11.1. The minimum absolute atomic E-state index is 0.0159. The van der Waals surface area contributed by atoms with Crippen molar-refractivity contribution >= 4 is 27.6 Å². The van der Waals surface area contributed by atoms with Gasteiger partial charge in [0.2, 0.25) is 0 Å². The van der Waals surface area contributed by atoms with Gasteiger partial charge in [0.05, 0.1) is 10.5 Å². The van der Waals surface area contributed by atoms with Gasteiger partial charge < -0.3 is 10.1 Å². The zero-order chi connectivity index (χ0) is 23.9. The molecule has 0 bridgehead atoms. The zero-order valence-corrected chi connectivity index (χ0v) is 19.5. The number of terminal acetylenes is 1. The minimum atomic E-state index is -3.94. The van der Waals surface area contributed by atoms with Crippen LogP contribution in [0.5, 0.6) is 0 Å². The van der Waals surface area contributed by atoms with Crippen LogP contribution in [-0.4, -0.2) is 32.4 Å². The maximum Gasteiger partial charge on any atom is 0.338 e. The molecule has 0 aliphatic heterocycles. The Bertz CT molecular complexity index is 1150. The van der Waals surface area contributed by atoms with Crippen molar-refractivity contribution in [1.82, 2.24) is 5.32 Å². The number of anilines is 1. The fraction of sp³-hybridized carbons (Fsp3) is 0.333. The van der Waals surface area contributed by atoms with E-state index in [1.165, 1.54) is 18.2 Å². The van der Waals surface area contributed by atoms with E-state index in [0.717, 1.165) is 5.56 Å². The summed E-state index contributed by atoms with van der Waals surface area (Å²) in [5.74, 6) is 1.23. The molecule has 2 N–H and O–H groups in total. The molecule has 0 aromatic heterocycles. The summed E-state index contributed by atoms with van der Waals surface area (Å²) in [4.78, 5) is 24.6. The third kappa shape index (κ3) is 6.11. The Morgan fingerprint density at radius 1 is 1.09 bits per heavy atom. The Labute approximate surface area is 189 Å². The summed E-state index contributed by atoms with van der Waals surface area (Å²) in [5, 5.41) is 2.70. The summed E-state index contributed by atoms with van der Waals surface area (Å²) in [6.45, 7) is 6.66. The summed E-state index contributed by atoms with van der Waals surface area (Å²) in [5.41, 5.74) is 0.998. The first-order chi connectivity index (χ1) is 15.1. The van der Waals surface area contributed by atoms with E-state index in [4.69, 9.17) is 11.2 Å². The summed E-state index contributed by atoms with van der Waals surface area (Å²) in [6.07, 6.45) is 6.59. The smallest absolute Gasteiger partial charge is 0.338 e. The molecule has 32 heavy (non-hydrogen) atoms. The molecule has 0 aliphatic rings. The number of nitrogens with one attached hydrogen (secondary N) is 2. The Balaban J connectivity index is 2.15. The molecular weight excluding hydrogens is 428 g/mol. The Morgan fingerprint density at radius 2 is 1.78 bits per heavy atom. The minimum Gasteiger partial charge on any atom is -0.452 e. The van der Waals surface area contributed by atoms with Crippen LogP contribution >= 0.6 is 0 Å². The van der Waals surface area contributed by atoms with E-state index in [0.29, 0.717) is 24.1 Å². The lowest BCUT2D eigenvalue weighted by atomic mass is 9.94. The standard InChI is InChI=1S/C24H28N2O5S/c1-6-24(7-2,8-3)25-22(27)16-31-23(28)19-13-12-18(5)21(15-19)32(29,30)26-20-11-9-10-17(4)14-20/h1,9-15,26H,7-8,16H2,2-5H3,(H,25,27). The second-order valence-electron chi connectivity index (χ2n) is 7.51. The predicted octanol–water partition coefficient (Wildman–Crippen LogP) is 3.57. The molecule has 0 aliphatic carbocycles. The lowest BCUT2D eigenvalue weighted by Crippen LogP contribution is -2.48. The quantitative estimate of drug-likeness (QED) is 0.444. The van der Waals surface area contributed by atoms with Crippen molar-refractivity contribution < 1.29 is 22.7 Å². The van der Waals surface area contributed by atoms with Crippen LogP contribution in [0, 0.1) is 26.2 Å². The third-order valence-electron chi connectivity index (χ3n) is 5.18. The van der Waals surface area contributed by atoms with Crippen LogP contribution in [0.1, 0.15) is 48.2 Å². The average molecular weight is 457 g/mol. The maximum atomic E-state index is 12.9. The number of sulfonamides is 1. The summed E-state index contributed by atoms with van der Waals surface area (Å²) >= 11 is 0. The maximum absolute atomic E-state index is 12.9. The van der Waals surface area contributed by atoms with Gasteiger partial charge in [0.1, 0.15) is 5.54 Å². The molecule has 0 saturated heterocycles. The Kier molecular flexibility index (Phi) is 8.06. The van der Waals surface area contributed by atoms with Gasteiger partial charge in [0.25, 0.3) is 15.9 Å². The molecule has 0 radical (unpaired) electrons. The molecule has 0 atom stereocenters. The van der Waals surface area contributed by atoms with Gasteiger partial charge in [-0.15, -0.1) is 6.42 Å². The lowest BCUT2D eigenvalue weighted by Gasteiger charge is -2.26. The number of benzene rings is 2. The van der Waals surface area contributed by atoms with Crippen LogP contribution in [0.15, 0.2) is 47.4 Å². The van der Waals surface area contributed by atoms with E-state index in [9.17, 15) is 18.0 Å². The van der Waals surface area contributed by atoms with Crippen LogP contribution in [0.2, 0.25) is 0 Å². The number of carbonyl (C=O) groups excluding carboxylic acids is 2. The molecule has 7 nitrogen and oxygen atoms in total. The summed E-state index contributed by atoms with van der Waals surface area (Å²) in [7, 11) is -3.94. The molecular formula is C24H28N2O5S. The largest absolute Gasteiger partial charge is 0.452 e. The topological polar surface area (TPSA) is 102 Å². The van der Waals surface area contributed by atoms with E-state index < -0.39 is 34.0 Å². The highest BCUT2D eigenvalue weighted by Crippen LogP contribution is 2.22. The first-order valence-electron chi connectivity index (χ1n) is 10.2. The zero-order valence-electron chi connectivity index (χ0n) is 18.7. The van der Waals surface area contributed by atoms with E-state index >= 15 is 0 Å². The fourth-order valence-corrected chi connectivity index (χ4v) is 4.44. The highest BCUT2D eigenvalue weighted by molar-refractivity contribution is 7.92. The number of rotatable bonds is 9. The van der Waals surface area contributed by atoms with Gasteiger partial charge >= 0.3 is 5.97 Å². The summed E-state index contributed by atoms with van der Waals surface area (Å²) < 4.78 is 33.4. The van der Waals surface area contributed by atoms with Gasteiger partial charge in [-0.25, -0.2) is 13.2 Å². The van der Waals surface area contributed by atoms with Crippen LogP contribution in [0.3, 0.4) is 0 Å². The van der Waals surface area contributed by atoms with Crippen molar-refractivity contribution in [1.29, 1.82) is 0 Å². The normalized spacial score (nSPS) is 11.3. The predicted molar refractivity (Wildman–Crippen MR) is 124 cm³/mol. The number of hydrogen-bond donors (Lipinski definition) is 2. The van der Waals surface area contributed by atoms with E-state index in [1.807, 2.05) is 26.8 Å². The van der Waals surface area contributed by atoms with Gasteiger partial charge in [-0.1, -0.05) is 38.0 Å². The first-order valence-corrected chi connectivity index (χ1v) is 11.7. The molecule has 8 heteroatoms. The highest BCUT2D eigenvalue weighted by atomic mass is 32.2. The van der Waals surface area contributed by atoms with Crippen LogP contribution in [0.4, 0.5) is 5.69 Å². The number of carbonyl (C=O) groups is 2. The van der Waals surface area contributed by atoms with E-state index in [-0.39, 0.29) is 10.5 Å². The van der Waals surface area contributed by atoms with Crippen LogP contribution in [0.25, 0.3) is 0 Å². The van der Waals surface area contributed by atoms with Crippen molar-refractivity contribution in [3.63, 3.8) is 0 Å². The van der Waals surface area contributed by atoms with Gasteiger partial charge in [-0.2, -0.15) is 0 Å². The molecule has 0 heterocycles. The second kappa shape index (κ2) is 10.3. The SMILES string of the molecule is C#CC(CC)(CC)NC(=O)COC(=O)c1ccc(C)c(S(=O)(=O)Nc2cccc(C)c2)c1. The van der Waals surface area contributed by atoms with E-state index in [1.54, 1.807) is 25.1 Å². The number of aryl methyl sites for hydroxylation is 2. The molecule has 170 valence electrons. The fourth-order valence-electron chi connectivity index (χ4n) is 3.12. The molecule has 2 rings (SSSR count). The van der Waals surface area contributed by atoms with Crippen molar-refractivity contribution in [2.75, 3.05) is 11.3 Å². The van der Waals surface area contributed by atoms with Gasteiger partial charge in [-0.3, -0.25) is 9.52 Å². The van der Waals surface area contributed by atoms with E-state index in [2.05, 4.69) is 16.0 Å². The van der Waals surface area contributed by atoms with Crippen molar-refractivity contribution in [2.24, 2.45) is 0 Å². The lowest BCUT2D eigenvalue weighted by molar-refractivity contribution is -0.125. The molecule has 2 aromatic rings. The Hall–Kier alpha value is -3.31. The molecule has 0 saturated carbocycles. The third-order valence-corrected chi connectivity index (χ3v) is 6.70. The average Bonchev–Trinajstić information content (AvgIpc) is 2.76. The number of ether oxygens (including phenoxy) is 1.